The van der Waals surface area contributed by atoms with Crippen molar-refractivity contribution in [2.45, 2.75) is 4.21 Å². The Morgan fingerprint density at radius 1 is 1.38 bits per heavy atom. The topological polar surface area (TPSA) is 98.0 Å². The van der Waals surface area contributed by atoms with Gasteiger partial charge >= 0.3 is 0 Å². The fourth-order valence-corrected chi connectivity index (χ4v) is 3.08. The number of anilines is 2. The summed E-state index contributed by atoms with van der Waals surface area (Å²) in [7, 11) is -3.61. The molecule has 2 aromatic heterocycles. The lowest BCUT2D eigenvalue weighted by Crippen LogP contribution is -2.12. The van der Waals surface area contributed by atoms with E-state index < -0.39 is 10.0 Å². The molecule has 0 aliphatic carbocycles. The van der Waals surface area contributed by atoms with Gasteiger partial charge in [0.05, 0.1) is 6.20 Å². The van der Waals surface area contributed by atoms with Crippen molar-refractivity contribution in [3.63, 3.8) is 0 Å². The second-order valence-electron chi connectivity index (χ2n) is 2.90. The summed E-state index contributed by atoms with van der Waals surface area (Å²) in [6.45, 7) is 0. The van der Waals surface area contributed by atoms with Crippen LogP contribution in [0.2, 0.25) is 0 Å². The van der Waals surface area contributed by atoms with Crippen LogP contribution in [0.25, 0.3) is 0 Å². The minimum Gasteiger partial charge on any atom is -0.398 e. The number of hydrogen-bond acceptors (Lipinski definition) is 6. The molecule has 0 atom stereocenters. The maximum atomic E-state index is 11.8. The zero-order chi connectivity index (χ0) is 11.6. The number of sulfonamides is 1. The molecule has 2 rings (SSSR count). The zero-order valence-electron chi connectivity index (χ0n) is 7.99. The number of thiophene rings is 1. The van der Waals surface area contributed by atoms with E-state index in [0.717, 1.165) is 11.3 Å². The van der Waals surface area contributed by atoms with E-state index in [2.05, 4.69) is 14.7 Å². The van der Waals surface area contributed by atoms with Crippen LogP contribution < -0.4 is 10.5 Å². The van der Waals surface area contributed by atoms with Crippen molar-refractivity contribution >= 4 is 32.9 Å². The van der Waals surface area contributed by atoms with Crippen molar-refractivity contribution < 1.29 is 8.42 Å². The first-order chi connectivity index (χ1) is 7.58. The van der Waals surface area contributed by atoms with E-state index in [4.69, 9.17) is 5.73 Å². The van der Waals surface area contributed by atoms with Gasteiger partial charge in [-0.3, -0.25) is 9.71 Å². The summed E-state index contributed by atoms with van der Waals surface area (Å²) < 4.78 is 26.0. The van der Waals surface area contributed by atoms with E-state index in [1.165, 1.54) is 24.7 Å². The molecule has 8 heteroatoms. The maximum Gasteiger partial charge on any atom is 0.272 e. The molecule has 2 heterocycles. The Hall–Kier alpha value is -1.67. The number of rotatable bonds is 3. The number of aromatic nitrogens is 2. The minimum atomic E-state index is -3.61. The smallest absolute Gasteiger partial charge is 0.272 e. The normalized spacial score (nSPS) is 11.2. The summed E-state index contributed by atoms with van der Waals surface area (Å²) in [5.74, 6) is 0.175. The van der Waals surface area contributed by atoms with Crippen LogP contribution in [0.15, 0.2) is 34.2 Å². The number of nitrogen functional groups attached to an aromatic ring is 1. The molecule has 0 saturated carbocycles. The molecule has 84 valence electrons. The lowest BCUT2D eigenvalue weighted by Gasteiger charge is -2.03. The molecule has 0 aromatic carbocycles. The van der Waals surface area contributed by atoms with E-state index in [0.29, 0.717) is 5.69 Å². The Bertz CT molecular complexity index is 579. The van der Waals surface area contributed by atoms with Gasteiger partial charge in [-0.05, 0) is 6.07 Å². The first kappa shape index (κ1) is 10.8. The van der Waals surface area contributed by atoms with Crippen molar-refractivity contribution in [1.82, 2.24) is 9.97 Å². The largest absolute Gasteiger partial charge is 0.398 e. The van der Waals surface area contributed by atoms with Crippen LogP contribution >= 0.6 is 11.3 Å². The van der Waals surface area contributed by atoms with Crippen molar-refractivity contribution in [1.29, 1.82) is 0 Å². The van der Waals surface area contributed by atoms with Gasteiger partial charge in [-0.25, -0.2) is 13.4 Å². The van der Waals surface area contributed by atoms with Crippen molar-refractivity contribution in [2.24, 2.45) is 0 Å². The Morgan fingerprint density at radius 3 is 2.75 bits per heavy atom. The highest BCUT2D eigenvalue weighted by Crippen LogP contribution is 2.23. The van der Waals surface area contributed by atoms with Crippen molar-refractivity contribution in [3.8, 4) is 0 Å². The third kappa shape index (κ3) is 2.28. The summed E-state index contributed by atoms with van der Waals surface area (Å²) in [6, 6.07) is 1.39. The van der Waals surface area contributed by atoms with Crippen LogP contribution in [0.1, 0.15) is 0 Å². The summed E-state index contributed by atoms with van der Waals surface area (Å²) in [5, 5.41) is 1.56. The van der Waals surface area contributed by atoms with E-state index in [1.54, 1.807) is 5.38 Å². The van der Waals surface area contributed by atoms with E-state index in [-0.39, 0.29) is 10.0 Å². The first-order valence-corrected chi connectivity index (χ1v) is 6.57. The Kier molecular flexibility index (Phi) is 2.75. The van der Waals surface area contributed by atoms with Crippen molar-refractivity contribution in [3.05, 3.63) is 30.0 Å². The van der Waals surface area contributed by atoms with Gasteiger partial charge in [-0.15, -0.1) is 11.3 Å². The lowest BCUT2D eigenvalue weighted by atomic mass is 10.6. The fraction of sp³-hybridized carbons (Fsp3) is 0. The second-order valence-corrected chi connectivity index (χ2v) is 5.72. The molecule has 0 aliphatic rings. The molecule has 0 aliphatic heterocycles. The second kappa shape index (κ2) is 4.06. The standard InChI is InChI=1S/C8H8N4O2S2/c9-6-3-8(15-5-6)16(13,14)12-7-4-10-1-2-11-7/h1-5H,9H2,(H,11,12). The van der Waals surface area contributed by atoms with Gasteiger partial charge < -0.3 is 5.73 Å². The van der Waals surface area contributed by atoms with Gasteiger partial charge in [0.25, 0.3) is 10.0 Å². The quantitative estimate of drug-likeness (QED) is 0.851. The summed E-state index contributed by atoms with van der Waals surface area (Å²) in [6.07, 6.45) is 4.19. The zero-order valence-corrected chi connectivity index (χ0v) is 9.62. The van der Waals surface area contributed by atoms with Crippen LogP contribution in [0.3, 0.4) is 0 Å². The SMILES string of the molecule is Nc1csc(S(=O)(=O)Nc2cnccn2)c1. The number of hydrogen-bond donors (Lipinski definition) is 2. The highest BCUT2D eigenvalue weighted by Gasteiger charge is 2.16. The molecule has 0 fully saturated rings. The van der Waals surface area contributed by atoms with E-state index in [1.807, 2.05) is 0 Å². The Morgan fingerprint density at radius 2 is 2.19 bits per heavy atom. The molecule has 0 spiro atoms. The van der Waals surface area contributed by atoms with Crippen LogP contribution in [0.5, 0.6) is 0 Å². The molecule has 0 radical (unpaired) electrons. The molecule has 0 amide bonds. The molecule has 0 unspecified atom stereocenters. The van der Waals surface area contributed by atoms with E-state index in [9.17, 15) is 8.42 Å². The third-order valence-corrected chi connectivity index (χ3v) is 4.48. The monoisotopic (exact) mass is 256 g/mol. The summed E-state index contributed by atoms with van der Waals surface area (Å²) in [5.41, 5.74) is 5.88. The molecule has 6 nitrogen and oxygen atoms in total. The van der Waals surface area contributed by atoms with Gasteiger partial charge in [-0.1, -0.05) is 0 Å². The number of nitrogens with one attached hydrogen (secondary N) is 1. The summed E-state index contributed by atoms with van der Waals surface area (Å²) in [4.78, 5) is 7.57. The van der Waals surface area contributed by atoms with Gasteiger partial charge in [0.15, 0.2) is 5.82 Å². The minimum absolute atomic E-state index is 0.149. The molecule has 2 aromatic rings. The number of nitrogens with two attached hydrogens (primary N) is 1. The van der Waals surface area contributed by atoms with Gasteiger partial charge in [-0.2, -0.15) is 0 Å². The van der Waals surface area contributed by atoms with Gasteiger partial charge in [0.2, 0.25) is 0 Å². The summed E-state index contributed by atoms with van der Waals surface area (Å²) >= 11 is 1.05. The van der Waals surface area contributed by atoms with Crippen molar-refractivity contribution in [2.75, 3.05) is 10.5 Å². The maximum absolute atomic E-state index is 11.8. The van der Waals surface area contributed by atoms with Crippen LogP contribution in [0.4, 0.5) is 11.5 Å². The van der Waals surface area contributed by atoms with Gasteiger partial charge in [0, 0.05) is 23.5 Å². The lowest BCUT2D eigenvalue weighted by molar-refractivity contribution is 0.603. The number of nitrogens with zero attached hydrogens (tertiary/aromatic N) is 2. The molecule has 3 N–H and O–H groups in total. The predicted molar refractivity (Wildman–Crippen MR) is 61.6 cm³/mol. The van der Waals surface area contributed by atoms with Crippen LogP contribution in [-0.4, -0.2) is 18.4 Å². The molecule has 16 heavy (non-hydrogen) atoms. The van der Waals surface area contributed by atoms with E-state index >= 15 is 0 Å². The first-order valence-electron chi connectivity index (χ1n) is 4.21. The molecular weight excluding hydrogens is 248 g/mol. The average molecular weight is 256 g/mol. The van der Waals surface area contributed by atoms with Crippen LogP contribution in [0, 0.1) is 0 Å². The van der Waals surface area contributed by atoms with Gasteiger partial charge in [0.1, 0.15) is 4.21 Å². The molecule has 0 bridgehead atoms. The fourth-order valence-electron chi connectivity index (χ4n) is 1.01. The Balaban J connectivity index is 2.28. The highest BCUT2D eigenvalue weighted by atomic mass is 32.2. The highest BCUT2D eigenvalue weighted by molar-refractivity contribution is 7.94. The Labute approximate surface area is 96.2 Å². The average Bonchev–Trinajstić information content (AvgIpc) is 2.66. The predicted octanol–water partition coefficient (Wildman–Crippen LogP) is 0.921. The third-order valence-electron chi connectivity index (χ3n) is 1.66. The molecule has 0 saturated heterocycles. The van der Waals surface area contributed by atoms with Crippen LogP contribution in [-0.2, 0) is 10.0 Å². The molecular formula is C8H8N4O2S2.